The van der Waals surface area contributed by atoms with E-state index in [0.717, 1.165) is 6.07 Å². The fourth-order valence-corrected chi connectivity index (χ4v) is 10.4. The van der Waals surface area contributed by atoms with Gasteiger partial charge < -0.3 is 49.2 Å². The number of anilines is 1. The van der Waals surface area contributed by atoms with Gasteiger partial charge in [-0.2, -0.15) is 0 Å². The van der Waals surface area contributed by atoms with E-state index in [0.29, 0.717) is 40.6 Å². The minimum atomic E-state index is -1.41. The molecule has 4 aliphatic heterocycles. The number of amides is 2. The lowest BCUT2D eigenvalue weighted by atomic mass is 10.1. The summed E-state index contributed by atoms with van der Waals surface area (Å²) in [6, 6.07) is 6.77. The Morgan fingerprint density at radius 1 is 1.05 bits per heavy atom. The number of nitrogens with one attached hydrogen (secondary N) is 1. The number of aliphatic carboxylic acids is 1. The average Bonchev–Trinajstić information content (AvgIpc) is 3.89. The summed E-state index contributed by atoms with van der Waals surface area (Å²) in [7, 11) is 0. The second kappa shape index (κ2) is 18.4. The Bertz CT molecular complexity index is 2290. The molecule has 4 atom stereocenters. The van der Waals surface area contributed by atoms with Crippen molar-refractivity contribution in [2.45, 2.75) is 49.7 Å². The number of carboxylic acids is 2. The van der Waals surface area contributed by atoms with Crippen LogP contribution in [-0.2, 0) is 23.9 Å². The third kappa shape index (κ3) is 8.97. The first kappa shape index (κ1) is 42.6. The van der Waals surface area contributed by atoms with Crippen LogP contribution in [0, 0.1) is 5.82 Å². The number of aliphatic imine (C=N–C) groups is 1. The molecule has 0 spiro atoms. The van der Waals surface area contributed by atoms with Gasteiger partial charge in [0.05, 0.1) is 34.8 Å². The van der Waals surface area contributed by atoms with E-state index in [2.05, 4.69) is 5.32 Å². The van der Waals surface area contributed by atoms with Crippen molar-refractivity contribution in [2.24, 2.45) is 4.99 Å². The Balaban J connectivity index is 0.820. The largest absolute Gasteiger partial charge is 0.507 e. The van der Waals surface area contributed by atoms with Gasteiger partial charge in [0.2, 0.25) is 18.1 Å². The molecule has 3 aromatic rings. The third-order valence-corrected chi connectivity index (χ3v) is 13.2. The third-order valence-electron chi connectivity index (χ3n) is 10.7. The van der Waals surface area contributed by atoms with Gasteiger partial charge in [-0.05, 0) is 31.5 Å². The van der Waals surface area contributed by atoms with Gasteiger partial charge in [0.25, 0.3) is 0 Å². The standard InChI is InChI=1S/C39H43FN6O12S2/c1-21-17-56-34-31-23(33(50)24(37(51)52)16-46(21)31)15-25(40)32(34)43-11-13-44(14-12-43)39(55)58-20-57-30(49)8-7-29(48)41-9-4-10-45-27(38(53)54)19-60-36(45)26-18-59-35(42-26)22-5-2-3-6-28(22)47/h2-3,5-6,15-16,21,26-27,36,47H,4,7-14,17-20H2,1H3,(H,41,48)(H,51,52)(H,53,54)/t21?,26-,27+,36?/m1/s1. The van der Waals surface area contributed by atoms with E-state index >= 15 is 4.39 Å². The van der Waals surface area contributed by atoms with Crippen LogP contribution in [0.5, 0.6) is 11.5 Å². The smallest absolute Gasteiger partial charge is 0.412 e. The van der Waals surface area contributed by atoms with Crippen LogP contribution in [0.3, 0.4) is 0 Å². The number of halogens is 1. The Kier molecular flexibility index (Phi) is 13.0. The molecule has 4 aliphatic rings. The number of carbonyl (C=O) groups excluding carboxylic acids is 3. The molecule has 4 N–H and O–H groups in total. The minimum absolute atomic E-state index is 0.0949. The maximum Gasteiger partial charge on any atom is 0.412 e. The highest BCUT2D eigenvalue weighted by Crippen LogP contribution is 2.42. The van der Waals surface area contributed by atoms with Crippen LogP contribution in [0.4, 0.5) is 14.9 Å². The van der Waals surface area contributed by atoms with Gasteiger partial charge in [-0.15, -0.1) is 23.5 Å². The van der Waals surface area contributed by atoms with E-state index in [1.54, 1.807) is 34.6 Å². The van der Waals surface area contributed by atoms with E-state index in [9.17, 15) is 44.1 Å². The highest BCUT2D eigenvalue weighted by molar-refractivity contribution is 8.14. The number of phenols is 1. The van der Waals surface area contributed by atoms with Gasteiger partial charge in [0.1, 0.15) is 34.7 Å². The summed E-state index contributed by atoms with van der Waals surface area (Å²) < 4.78 is 33.2. The first-order valence-corrected chi connectivity index (χ1v) is 21.3. The quantitative estimate of drug-likeness (QED) is 0.104. The number of hydrogen-bond donors (Lipinski definition) is 4. The predicted octanol–water partition coefficient (Wildman–Crippen LogP) is 2.93. The van der Waals surface area contributed by atoms with E-state index in [1.165, 1.54) is 34.6 Å². The van der Waals surface area contributed by atoms with Crippen LogP contribution in [0.2, 0.25) is 0 Å². The molecule has 2 fully saturated rings. The first-order chi connectivity index (χ1) is 28.8. The molecule has 0 radical (unpaired) electrons. The van der Waals surface area contributed by atoms with E-state index < -0.39 is 59.6 Å². The van der Waals surface area contributed by atoms with Crippen LogP contribution < -0.4 is 20.4 Å². The van der Waals surface area contributed by atoms with Crippen LogP contribution >= 0.6 is 23.5 Å². The number of benzene rings is 2. The highest BCUT2D eigenvalue weighted by atomic mass is 32.2. The molecule has 5 heterocycles. The number of ether oxygens (including phenoxy) is 3. The number of aromatic nitrogens is 1. The first-order valence-electron chi connectivity index (χ1n) is 19.3. The summed E-state index contributed by atoms with van der Waals surface area (Å²) in [6.07, 6.45) is 0.496. The van der Waals surface area contributed by atoms with Crippen molar-refractivity contribution in [2.75, 3.05) is 69.1 Å². The van der Waals surface area contributed by atoms with Crippen molar-refractivity contribution in [1.29, 1.82) is 0 Å². The van der Waals surface area contributed by atoms with Crippen LogP contribution in [0.25, 0.3) is 10.9 Å². The molecular weight excluding hydrogens is 828 g/mol. The zero-order valence-electron chi connectivity index (χ0n) is 32.4. The normalized spacial score (nSPS) is 21.3. The Labute approximate surface area is 350 Å². The summed E-state index contributed by atoms with van der Waals surface area (Å²) in [5.74, 6) is -2.98. The number of aromatic hydroxyl groups is 1. The summed E-state index contributed by atoms with van der Waals surface area (Å²) in [6.45, 7) is 2.45. The molecule has 18 nitrogen and oxygen atoms in total. The molecule has 0 bridgehead atoms. The summed E-state index contributed by atoms with van der Waals surface area (Å²) in [5, 5.41) is 32.8. The number of phenolic OH excluding ortho intramolecular Hbond substituents is 1. The van der Waals surface area contributed by atoms with Gasteiger partial charge in [0, 0.05) is 69.0 Å². The van der Waals surface area contributed by atoms with E-state index in [1.807, 2.05) is 11.0 Å². The molecule has 0 saturated carbocycles. The van der Waals surface area contributed by atoms with Crippen molar-refractivity contribution in [3.63, 3.8) is 0 Å². The number of carboxylic acid groups (broad SMARTS) is 2. The topological polar surface area (TPSA) is 230 Å². The van der Waals surface area contributed by atoms with Gasteiger partial charge in [-0.3, -0.25) is 29.1 Å². The lowest BCUT2D eigenvalue weighted by molar-refractivity contribution is -0.153. The van der Waals surface area contributed by atoms with Crippen molar-refractivity contribution < 1.29 is 57.9 Å². The molecule has 2 saturated heterocycles. The Morgan fingerprint density at radius 3 is 2.55 bits per heavy atom. The molecule has 1 aromatic heterocycles. The molecule has 7 rings (SSSR count). The number of rotatable bonds is 14. The van der Waals surface area contributed by atoms with Crippen molar-refractivity contribution in [3.05, 3.63) is 63.7 Å². The molecule has 60 heavy (non-hydrogen) atoms. The molecule has 2 unspecified atom stereocenters. The van der Waals surface area contributed by atoms with Gasteiger partial charge >= 0.3 is 24.0 Å². The van der Waals surface area contributed by atoms with Gasteiger partial charge in [-0.1, -0.05) is 12.1 Å². The van der Waals surface area contributed by atoms with Gasteiger partial charge in [-0.25, -0.2) is 14.0 Å². The number of para-hydroxylation sites is 1. The molecule has 21 heteroatoms. The number of thioether (sulfide) groups is 2. The van der Waals surface area contributed by atoms with Crippen LogP contribution in [0.1, 0.15) is 48.1 Å². The summed E-state index contributed by atoms with van der Waals surface area (Å²) in [4.78, 5) is 83.9. The number of pyridine rings is 1. The number of aromatic carboxylic acids is 1. The van der Waals surface area contributed by atoms with Crippen LogP contribution in [-0.4, -0.2) is 146 Å². The maximum absolute atomic E-state index is 15.6. The molecule has 2 amide bonds. The fourth-order valence-electron chi connectivity index (χ4n) is 7.60. The Hall–Kier alpha value is -5.54. The second-order valence-electron chi connectivity index (χ2n) is 14.5. The summed E-state index contributed by atoms with van der Waals surface area (Å²) >= 11 is 3.05. The Morgan fingerprint density at radius 2 is 1.82 bits per heavy atom. The fraction of sp³-hybridized carbons (Fsp3) is 0.462. The zero-order chi connectivity index (χ0) is 42.7. The predicted molar refractivity (Wildman–Crippen MR) is 219 cm³/mol. The molecule has 320 valence electrons. The lowest BCUT2D eigenvalue weighted by Gasteiger charge is -2.37. The highest BCUT2D eigenvalue weighted by Gasteiger charge is 2.43. The lowest BCUT2D eigenvalue weighted by Crippen LogP contribution is -2.49. The van der Waals surface area contributed by atoms with Crippen LogP contribution in [0.15, 0.2) is 46.3 Å². The molecule has 0 aliphatic carbocycles. The maximum atomic E-state index is 15.6. The van der Waals surface area contributed by atoms with Crippen molar-refractivity contribution in [1.82, 2.24) is 19.7 Å². The summed E-state index contributed by atoms with van der Waals surface area (Å²) in [5.41, 5.74) is -0.259. The SMILES string of the molecule is CC1COc2c(N3CCN(C(=O)OCOC(=O)CCC(=O)NCCCN4C([C@H]5CSC(c6ccccc6O)=N5)SC[C@H]4C(=O)O)CC3)c(F)cc3c(=O)c(C(=O)O)cn1c23. The number of piperazine rings is 1. The monoisotopic (exact) mass is 870 g/mol. The number of esters is 1. The zero-order valence-corrected chi connectivity index (χ0v) is 34.0. The van der Waals surface area contributed by atoms with Crippen molar-refractivity contribution >= 4 is 75.1 Å². The van der Waals surface area contributed by atoms with Gasteiger partial charge in [0.15, 0.2) is 11.6 Å². The van der Waals surface area contributed by atoms with E-state index in [-0.39, 0.29) is 92.2 Å². The van der Waals surface area contributed by atoms with E-state index in [4.69, 9.17) is 19.2 Å². The minimum Gasteiger partial charge on any atom is -0.507 e. The average molecular weight is 871 g/mol. The second-order valence-corrected chi connectivity index (χ2v) is 16.7. The molecule has 2 aromatic carbocycles. The number of nitrogens with zero attached hydrogens (tertiary/aromatic N) is 5. The van der Waals surface area contributed by atoms with Crippen molar-refractivity contribution in [3.8, 4) is 11.5 Å². The molecular formula is C39H43FN6O12S2. The number of carbonyl (C=O) groups is 5. The number of hydrogen-bond acceptors (Lipinski definition) is 15.